The average molecular weight is 240 g/mol. The van der Waals surface area contributed by atoms with Crippen molar-refractivity contribution in [1.29, 1.82) is 0 Å². The molecule has 3 aromatic heterocycles. The number of fused-ring (bicyclic) bond motifs is 1. The lowest BCUT2D eigenvalue weighted by Crippen LogP contribution is -2.05. The zero-order chi connectivity index (χ0) is 12.5. The third-order valence-corrected chi connectivity index (χ3v) is 2.65. The fraction of sp³-hybridized carbons (Fsp3) is 0.167. The van der Waals surface area contributed by atoms with Gasteiger partial charge in [-0.2, -0.15) is 9.50 Å². The van der Waals surface area contributed by atoms with Gasteiger partial charge in [0, 0.05) is 18.4 Å². The number of aryl methyl sites for hydroxylation is 1. The van der Waals surface area contributed by atoms with Crippen LogP contribution in [0.1, 0.15) is 11.4 Å². The standard InChI is InChI=1S/C12H12N6/c1-8-3-2-4-10(15-8)11-16-12-14-6-5-9(7-13)18(12)17-11/h2-6H,7,13H2,1H3. The normalized spacial score (nSPS) is 11.0. The van der Waals surface area contributed by atoms with E-state index < -0.39 is 0 Å². The summed E-state index contributed by atoms with van der Waals surface area (Å²) in [6.07, 6.45) is 1.68. The predicted octanol–water partition coefficient (Wildman–Crippen LogP) is 0.953. The highest BCUT2D eigenvalue weighted by Crippen LogP contribution is 2.14. The summed E-state index contributed by atoms with van der Waals surface area (Å²) in [6.45, 7) is 2.33. The Kier molecular flexibility index (Phi) is 2.49. The van der Waals surface area contributed by atoms with Crippen LogP contribution < -0.4 is 5.73 Å². The monoisotopic (exact) mass is 240 g/mol. The van der Waals surface area contributed by atoms with E-state index in [1.807, 2.05) is 31.2 Å². The van der Waals surface area contributed by atoms with Crippen LogP contribution in [0.2, 0.25) is 0 Å². The maximum absolute atomic E-state index is 5.66. The molecule has 0 aliphatic carbocycles. The van der Waals surface area contributed by atoms with Gasteiger partial charge in [0.2, 0.25) is 5.82 Å². The first kappa shape index (κ1) is 10.8. The molecule has 0 spiro atoms. The highest BCUT2D eigenvalue weighted by atomic mass is 15.3. The molecule has 0 bridgehead atoms. The molecule has 0 saturated carbocycles. The van der Waals surface area contributed by atoms with Gasteiger partial charge in [0.15, 0.2) is 0 Å². The third-order valence-electron chi connectivity index (χ3n) is 2.65. The van der Waals surface area contributed by atoms with E-state index in [1.165, 1.54) is 0 Å². The summed E-state index contributed by atoms with van der Waals surface area (Å²) in [5, 5.41) is 4.40. The molecule has 0 aliphatic heterocycles. The second-order valence-electron chi connectivity index (χ2n) is 3.95. The van der Waals surface area contributed by atoms with E-state index in [2.05, 4.69) is 20.1 Å². The van der Waals surface area contributed by atoms with E-state index in [-0.39, 0.29) is 0 Å². The number of nitrogens with zero attached hydrogens (tertiary/aromatic N) is 5. The van der Waals surface area contributed by atoms with Crippen LogP contribution >= 0.6 is 0 Å². The number of pyridine rings is 1. The number of nitrogens with two attached hydrogens (primary N) is 1. The first-order chi connectivity index (χ1) is 8.78. The molecule has 0 aliphatic rings. The molecule has 3 heterocycles. The molecule has 6 heteroatoms. The van der Waals surface area contributed by atoms with Gasteiger partial charge in [-0.15, -0.1) is 5.10 Å². The average Bonchev–Trinajstić information content (AvgIpc) is 2.82. The van der Waals surface area contributed by atoms with Gasteiger partial charge in [-0.1, -0.05) is 6.07 Å². The number of aromatic nitrogens is 5. The van der Waals surface area contributed by atoms with Crippen LogP contribution in [0, 0.1) is 6.92 Å². The highest BCUT2D eigenvalue weighted by Gasteiger charge is 2.10. The maximum atomic E-state index is 5.66. The van der Waals surface area contributed by atoms with Crippen molar-refractivity contribution < 1.29 is 0 Å². The number of hydrogen-bond acceptors (Lipinski definition) is 5. The maximum Gasteiger partial charge on any atom is 0.253 e. The Balaban J connectivity index is 2.19. The van der Waals surface area contributed by atoms with E-state index in [0.717, 1.165) is 17.1 Å². The molecule has 0 amide bonds. The van der Waals surface area contributed by atoms with Gasteiger partial charge in [0.1, 0.15) is 5.69 Å². The van der Waals surface area contributed by atoms with Crippen LogP contribution in [0.4, 0.5) is 0 Å². The zero-order valence-corrected chi connectivity index (χ0v) is 9.91. The predicted molar refractivity (Wildman–Crippen MR) is 66.6 cm³/mol. The van der Waals surface area contributed by atoms with Gasteiger partial charge in [0.05, 0.1) is 5.69 Å². The lowest BCUT2D eigenvalue weighted by molar-refractivity contribution is 0.836. The lowest BCUT2D eigenvalue weighted by atomic mass is 10.3. The minimum atomic E-state index is 0.392. The van der Waals surface area contributed by atoms with E-state index in [1.54, 1.807) is 10.7 Å². The summed E-state index contributed by atoms with van der Waals surface area (Å²) >= 11 is 0. The first-order valence-corrected chi connectivity index (χ1v) is 5.62. The van der Waals surface area contributed by atoms with E-state index in [0.29, 0.717) is 18.1 Å². The quantitative estimate of drug-likeness (QED) is 0.721. The van der Waals surface area contributed by atoms with Crippen molar-refractivity contribution >= 4 is 5.78 Å². The van der Waals surface area contributed by atoms with Crippen molar-refractivity contribution in [3.63, 3.8) is 0 Å². The zero-order valence-electron chi connectivity index (χ0n) is 9.91. The van der Waals surface area contributed by atoms with Crippen LogP contribution in [0.15, 0.2) is 30.5 Å². The molecule has 90 valence electrons. The molecule has 2 N–H and O–H groups in total. The smallest absolute Gasteiger partial charge is 0.253 e. The number of rotatable bonds is 2. The molecule has 0 aromatic carbocycles. The van der Waals surface area contributed by atoms with Crippen LogP contribution in [0.3, 0.4) is 0 Å². The molecule has 3 rings (SSSR count). The second kappa shape index (κ2) is 4.15. The Bertz CT molecular complexity index is 703. The van der Waals surface area contributed by atoms with E-state index in [4.69, 9.17) is 5.73 Å². The molecular weight excluding hydrogens is 228 g/mol. The second-order valence-corrected chi connectivity index (χ2v) is 3.95. The fourth-order valence-electron chi connectivity index (χ4n) is 1.77. The summed E-state index contributed by atoms with van der Waals surface area (Å²) in [5.74, 6) is 1.10. The molecule has 0 saturated heterocycles. The van der Waals surface area contributed by atoms with Crippen molar-refractivity contribution in [3.8, 4) is 11.5 Å². The van der Waals surface area contributed by atoms with Crippen molar-refractivity contribution in [2.24, 2.45) is 5.73 Å². The van der Waals surface area contributed by atoms with E-state index >= 15 is 0 Å². The summed E-state index contributed by atoms with van der Waals surface area (Å²) in [6, 6.07) is 7.57. The molecular formula is C12H12N6. The minimum Gasteiger partial charge on any atom is -0.325 e. The van der Waals surface area contributed by atoms with Gasteiger partial charge >= 0.3 is 0 Å². The molecule has 0 unspecified atom stereocenters. The van der Waals surface area contributed by atoms with Crippen LogP contribution in [0.25, 0.3) is 17.3 Å². The van der Waals surface area contributed by atoms with Crippen LogP contribution in [0.5, 0.6) is 0 Å². The SMILES string of the molecule is Cc1cccc(-c2nc3nccc(CN)n3n2)n1. The molecule has 0 fully saturated rings. The summed E-state index contributed by atoms with van der Waals surface area (Å²) < 4.78 is 1.65. The van der Waals surface area contributed by atoms with Gasteiger partial charge < -0.3 is 5.73 Å². The van der Waals surface area contributed by atoms with Crippen molar-refractivity contribution in [2.75, 3.05) is 0 Å². The van der Waals surface area contributed by atoms with Crippen molar-refractivity contribution in [2.45, 2.75) is 13.5 Å². The van der Waals surface area contributed by atoms with Crippen molar-refractivity contribution in [3.05, 3.63) is 41.9 Å². The van der Waals surface area contributed by atoms with Crippen LogP contribution in [-0.2, 0) is 6.54 Å². The summed E-state index contributed by atoms with van der Waals surface area (Å²) in [7, 11) is 0. The van der Waals surface area contributed by atoms with Crippen molar-refractivity contribution in [1.82, 2.24) is 24.6 Å². The molecule has 6 nitrogen and oxygen atoms in total. The van der Waals surface area contributed by atoms with Crippen LogP contribution in [-0.4, -0.2) is 24.6 Å². The molecule has 0 atom stereocenters. The highest BCUT2D eigenvalue weighted by molar-refractivity contribution is 5.52. The Morgan fingerprint density at radius 3 is 2.89 bits per heavy atom. The summed E-state index contributed by atoms with van der Waals surface area (Å²) in [4.78, 5) is 12.9. The Morgan fingerprint density at radius 2 is 2.11 bits per heavy atom. The Hall–Kier alpha value is -2.34. The molecule has 3 aromatic rings. The lowest BCUT2D eigenvalue weighted by Gasteiger charge is -1.97. The largest absolute Gasteiger partial charge is 0.325 e. The number of hydrogen-bond donors (Lipinski definition) is 1. The molecule has 0 radical (unpaired) electrons. The third kappa shape index (κ3) is 1.72. The van der Waals surface area contributed by atoms with Gasteiger partial charge in [-0.05, 0) is 25.1 Å². The van der Waals surface area contributed by atoms with Gasteiger partial charge in [-0.3, -0.25) is 0 Å². The topological polar surface area (TPSA) is 82.0 Å². The van der Waals surface area contributed by atoms with Gasteiger partial charge in [-0.25, -0.2) is 9.97 Å². The fourth-order valence-corrected chi connectivity index (χ4v) is 1.77. The Morgan fingerprint density at radius 1 is 1.22 bits per heavy atom. The molecule has 18 heavy (non-hydrogen) atoms. The minimum absolute atomic E-state index is 0.392. The van der Waals surface area contributed by atoms with E-state index in [9.17, 15) is 0 Å². The Labute approximate surface area is 104 Å². The van der Waals surface area contributed by atoms with Gasteiger partial charge in [0.25, 0.3) is 5.78 Å². The summed E-state index contributed by atoms with van der Waals surface area (Å²) in [5.41, 5.74) is 8.19. The first-order valence-electron chi connectivity index (χ1n) is 5.62.